The van der Waals surface area contributed by atoms with Crippen LogP contribution in [0.25, 0.3) is 0 Å². The van der Waals surface area contributed by atoms with Gasteiger partial charge in [0.05, 0.1) is 18.5 Å². The molecule has 1 aromatic heterocycles. The highest BCUT2D eigenvalue weighted by atomic mass is 32.2. The molecule has 1 fully saturated rings. The number of nitrogens with zero attached hydrogens (tertiary/aromatic N) is 2. The molecule has 2 rings (SSSR count). The standard InChI is InChI=1S/C14H21N3O4S/c1-3-7-22(19,20)17-10-12(8-13(17)14(18)15-2)21-11-5-4-6-16-9-11/h4-6,9,12-13H,3,7-8,10H2,1-2H3,(H,15,18)/t12-,13-/m0/s1. The first kappa shape index (κ1) is 16.7. The molecule has 0 aromatic carbocycles. The van der Waals surface area contributed by atoms with Gasteiger partial charge in [0, 0.05) is 19.7 Å². The number of hydrogen-bond donors (Lipinski definition) is 1. The van der Waals surface area contributed by atoms with Crippen molar-refractivity contribution < 1.29 is 17.9 Å². The van der Waals surface area contributed by atoms with E-state index in [0.29, 0.717) is 18.6 Å². The van der Waals surface area contributed by atoms with E-state index in [9.17, 15) is 13.2 Å². The molecule has 0 aliphatic carbocycles. The summed E-state index contributed by atoms with van der Waals surface area (Å²) in [7, 11) is -1.96. The fourth-order valence-corrected chi connectivity index (χ4v) is 4.26. The Labute approximate surface area is 130 Å². The third kappa shape index (κ3) is 3.75. The molecule has 0 unspecified atom stereocenters. The Morgan fingerprint density at radius 2 is 2.32 bits per heavy atom. The minimum absolute atomic E-state index is 0.0279. The Bertz CT molecular complexity index is 606. The van der Waals surface area contributed by atoms with Crippen LogP contribution in [-0.2, 0) is 14.8 Å². The minimum Gasteiger partial charge on any atom is -0.487 e. The topological polar surface area (TPSA) is 88.6 Å². The molecule has 0 saturated carbocycles. The van der Waals surface area contributed by atoms with Crippen molar-refractivity contribution in [2.24, 2.45) is 0 Å². The van der Waals surface area contributed by atoms with E-state index in [1.807, 2.05) is 0 Å². The number of pyridine rings is 1. The van der Waals surface area contributed by atoms with Crippen molar-refractivity contribution in [3.8, 4) is 5.75 Å². The van der Waals surface area contributed by atoms with Gasteiger partial charge in [-0.1, -0.05) is 6.92 Å². The Morgan fingerprint density at radius 1 is 1.55 bits per heavy atom. The van der Waals surface area contributed by atoms with E-state index < -0.39 is 16.1 Å². The Kier molecular flexibility index (Phi) is 5.36. The monoisotopic (exact) mass is 327 g/mol. The maximum absolute atomic E-state index is 12.3. The average molecular weight is 327 g/mol. The van der Waals surface area contributed by atoms with Gasteiger partial charge < -0.3 is 10.1 Å². The van der Waals surface area contributed by atoms with Gasteiger partial charge in [-0.05, 0) is 18.6 Å². The lowest BCUT2D eigenvalue weighted by molar-refractivity contribution is -0.123. The van der Waals surface area contributed by atoms with Crippen LogP contribution >= 0.6 is 0 Å². The number of sulfonamides is 1. The second-order valence-electron chi connectivity index (χ2n) is 5.18. The lowest BCUT2D eigenvalue weighted by Gasteiger charge is -2.21. The van der Waals surface area contributed by atoms with Gasteiger partial charge in [0.15, 0.2) is 0 Å². The number of aromatic nitrogens is 1. The first-order valence-electron chi connectivity index (χ1n) is 7.25. The molecular formula is C14H21N3O4S. The van der Waals surface area contributed by atoms with Gasteiger partial charge in [-0.15, -0.1) is 0 Å². The first-order chi connectivity index (χ1) is 10.5. The molecule has 2 heterocycles. The number of ether oxygens (including phenoxy) is 1. The number of nitrogens with one attached hydrogen (secondary N) is 1. The van der Waals surface area contributed by atoms with E-state index in [-0.39, 0.29) is 24.3 Å². The third-order valence-electron chi connectivity index (χ3n) is 3.52. The van der Waals surface area contributed by atoms with E-state index in [2.05, 4.69) is 10.3 Å². The molecule has 1 N–H and O–H groups in total. The van der Waals surface area contributed by atoms with E-state index in [1.54, 1.807) is 31.5 Å². The maximum Gasteiger partial charge on any atom is 0.238 e. The van der Waals surface area contributed by atoms with Crippen molar-refractivity contribution in [3.05, 3.63) is 24.5 Å². The van der Waals surface area contributed by atoms with Gasteiger partial charge in [-0.3, -0.25) is 9.78 Å². The molecule has 8 heteroatoms. The molecule has 2 atom stereocenters. The van der Waals surface area contributed by atoms with Crippen molar-refractivity contribution in [2.45, 2.75) is 31.9 Å². The maximum atomic E-state index is 12.3. The summed E-state index contributed by atoms with van der Waals surface area (Å²) in [6.07, 6.45) is 3.67. The molecule has 0 spiro atoms. The van der Waals surface area contributed by atoms with Crippen molar-refractivity contribution in [1.29, 1.82) is 0 Å². The molecule has 1 amide bonds. The smallest absolute Gasteiger partial charge is 0.238 e. The predicted molar refractivity (Wildman–Crippen MR) is 81.9 cm³/mol. The van der Waals surface area contributed by atoms with E-state index in [0.717, 1.165) is 0 Å². The largest absolute Gasteiger partial charge is 0.487 e. The van der Waals surface area contributed by atoms with Crippen LogP contribution in [0, 0.1) is 0 Å². The molecule has 1 saturated heterocycles. The summed E-state index contributed by atoms with van der Waals surface area (Å²) in [6.45, 7) is 1.97. The summed E-state index contributed by atoms with van der Waals surface area (Å²) in [5, 5.41) is 2.52. The highest BCUT2D eigenvalue weighted by molar-refractivity contribution is 7.89. The lowest BCUT2D eigenvalue weighted by atomic mass is 10.2. The van der Waals surface area contributed by atoms with Crippen molar-refractivity contribution in [1.82, 2.24) is 14.6 Å². The zero-order chi connectivity index (χ0) is 16.2. The zero-order valence-electron chi connectivity index (χ0n) is 12.7. The number of likely N-dealkylation sites (N-methyl/N-ethyl adjacent to an activating group) is 1. The molecule has 7 nitrogen and oxygen atoms in total. The van der Waals surface area contributed by atoms with Gasteiger partial charge in [0.25, 0.3) is 0 Å². The summed E-state index contributed by atoms with van der Waals surface area (Å²) in [5.41, 5.74) is 0. The van der Waals surface area contributed by atoms with Crippen molar-refractivity contribution in [2.75, 3.05) is 19.3 Å². The van der Waals surface area contributed by atoms with Crippen LogP contribution in [0.4, 0.5) is 0 Å². The summed E-state index contributed by atoms with van der Waals surface area (Å²) < 4.78 is 31.7. The van der Waals surface area contributed by atoms with Gasteiger partial charge >= 0.3 is 0 Å². The van der Waals surface area contributed by atoms with Crippen LogP contribution in [0.3, 0.4) is 0 Å². The van der Waals surface area contributed by atoms with Crippen LogP contribution in [-0.4, -0.2) is 55.1 Å². The summed E-state index contributed by atoms with van der Waals surface area (Å²) in [5.74, 6) is 0.287. The zero-order valence-corrected chi connectivity index (χ0v) is 13.5. The number of carbonyl (C=O) groups is 1. The van der Waals surface area contributed by atoms with E-state index >= 15 is 0 Å². The molecule has 122 valence electrons. The summed E-state index contributed by atoms with van der Waals surface area (Å²) in [6, 6.07) is 2.78. The SMILES string of the molecule is CCCS(=O)(=O)N1C[C@@H](Oc2cccnc2)C[C@H]1C(=O)NC. The first-order valence-corrected chi connectivity index (χ1v) is 8.86. The fraction of sp³-hybridized carbons (Fsp3) is 0.571. The summed E-state index contributed by atoms with van der Waals surface area (Å²) >= 11 is 0. The van der Waals surface area contributed by atoms with E-state index in [4.69, 9.17) is 4.74 Å². The number of amides is 1. The van der Waals surface area contributed by atoms with Gasteiger partial charge in [0.2, 0.25) is 15.9 Å². The fourth-order valence-electron chi connectivity index (χ4n) is 2.55. The average Bonchev–Trinajstić information content (AvgIpc) is 2.92. The molecule has 22 heavy (non-hydrogen) atoms. The molecule has 1 aromatic rings. The van der Waals surface area contributed by atoms with Gasteiger partial charge in [0.1, 0.15) is 17.9 Å². The third-order valence-corrected chi connectivity index (χ3v) is 5.57. The van der Waals surface area contributed by atoms with Crippen molar-refractivity contribution >= 4 is 15.9 Å². The molecule has 0 bridgehead atoms. The second-order valence-corrected chi connectivity index (χ2v) is 7.22. The number of carbonyl (C=O) groups excluding carboxylic acids is 1. The van der Waals surface area contributed by atoms with Crippen molar-refractivity contribution in [3.63, 3.8) is 0 Å². The highest BCUT2D eigenvalue weighted by Crippen LogP contribution is 2.26. The van der Waals surface area contributed by atoms with Crippen LogP contribution < -0.4 is 10.1 Å². The van der Waals surface area contributed by atoms with Crippen LogP contribution in [0.1, 0.15) is 19.8 Å². The minimum atomic E-state index is -3.46. The Hall–Kier alpha value is -1.67. The van der Waals surface area contributed by atoms with Gasteiger partial charge in [-0.2, -0.15) is 4.31 Å². The Morgan fingerprint density at radius 3 is 2.91 bits per heavy atom. The number of rotatable bonds is 6. The molecular weight excluding hydrogens is 306 g/mol. The quantitative estimate of drug-likeness (QED) is 0.816. The lowest BCUT2D eigenvalue weighted by Crippen LogP contribution is -2.45. The summed E-state index contributed by atoms with van der Waals surface area (Å²) in [4.78, 5) is 15.9. The number of hydrogen-bond acceptors (Lipinski definition) is 5. The Balaban J connectivity index is 2.16. The molecule has 0 radical (unpaired) electrons. The van der Waals surface area contributed by atoms with Gasteiger partial charge in [-0.25, -0.2) is 8.42 Å². The predicted octanol–water partition coefficient (Wildman–Crippen LogP) is 0.389. The van der Waals surface area contributed by atoms with E-state index in [1.165, 1.54) is 11.4 Å². The van der Waals surface area contributed by atoms with Crippen LogP contribution in [0.2, 0.25) is 0 Å². The molecule has 1 aliphatic rings. The van der Waals surface area contributed by atoms with Crippen LogP contribution in [0.5, 0.6) is 5.75 Å². The van der Waals surface area contributed by atoms with Crippen LogP contribution in [0.15, 0.2) is 24.5 Å². The normalized spacial score (nSPS) is 22.5. The molecule has 1 aliphatic heterocycles. The highest BCUT2D eigenvalue weighted by Gasteiger charge is 2.43. The second kappa shape index (κ2) is 7.06.